The van der Waals surface area contributed by atoms with Crippen molar-refractivity contribution in [3.8, 4) is 11.3 Å². The van der Waals surface area contributed by atoms with E-state index in [1.165, 1.54) is 24.3 Å². The van der Waals surface area contributed by atoms with Crippen LogP contribution in [0.1, 0.15) is 16.1 Å². The number of nitrogens with zero attached hydrogens (tertiary/aromatic N) is 1. The van der Waals surface area contributed by atoms with Gasteiger partial charge in [-0.05, 0) is 43.3 Å². The van der Waals surface area contributed by atoms with E-state index in [1.54, 1.807) is 6.92 Å². The lowest BCUT2D eigenvalue weighted by Crippen LogP contribution is -2.13. The molecule has 3 aromatic rings. The van der Waals surface area contributed by atoms with Gasteiger partial charge < -0.3 is 9.84 Å². The van der Waals surface area contributed by atoms with E-state index in [0.717, 1.165) is 10.0 Å². The first-order chi connectivity index (χ1) is 11.0. The van der Waals surface area contributed by atoms with Crippen molar-refractivity contribution in [1.29, 1.82) is 0 Å². The summed E-state index contributed by atoms with van der Waals surface area (Å²) in [6, 6.07) is 13.0. The lowest BCUT2D eigenvalue weighted by Gasteiger charge is -2.06. The highest BCUT2D eigenvalue weighted by molar-refractivity contribution is 9.10. The maximum Gasteiger partial charge on any atom is 0.261 e. The van der Waals surface area contributed by atoms with Crippen LogP contribution in [0.3, 0.4) is 0 Å². The van der Waals surface area contributed by atoms with Gasteiger partial charge in [0.2, 0.25) is 0 Å². The van der Waals surface area contributed by atoms with Gasteiger partial charge in [-0.3, -0.25) is 4.79 Å². The zero-order valence-corrected chi connectivity index (χ0v) is 13.7. The zero-order valence-electron chi connectivity index (χ0n) is 12.1. The van der Waals surface area contributed by atoms with Crippen molar-refractivity contribution in [2.75, 3.05) is 5.32 Å². The summed E-state index contributed by atoms with van der Waals surface area (Å²) in [5.41, 5.74) is 2.10. The van der Waals surface area contributed by atoms with Crippen LogP contribution in [0.2, 0.25) is 0 Å². The Morgan fingerprint density at radius 3 is 2.43 bits per heavy atom. The number of rotatable bonds is 3. The van der Waals surface area contributed by atoms with Gasteiger partial charge in [0.1, 0.15) is 22.8 Å². The van der Waals surface area contributed by atoms with Gasteiger partial charge in [0.25, 0.3) is 5.91 Å². The Morgan fingerprint density at radius 1 is 1.13 bits per heavy atom. The molecule has 3 rings (SSSR count). The van der Waals surface area contributed by atoms with E-state index in [1.807, 2.05) is 24.3 Å². The predicted octanol–water partition coefficient (Wildman–Crippen LogP) is 4.80. The molecule has 1 aromatic heterocycles. The monoisotopic (exact) mass is 374 g/mol. The van der Waals surface area contributed by atoms with Gasteiger partial charge in [-0.25, -0.2) is 4.39 Å². The number of amides is 1. The third kappa shape index (κ3) is 3.32. The molecule has 0 saturated carbocycles. The Kier molecular flexibility index (Phi) is 4.25. The molecule has 0 bridgehead atoms. The third-order valence-corrected chi connectivity index (χ3v) is 3.84. The SMILES string of the molecule is Cc1onc(-c2ccc(Br)cc2)c1C(=O)Nc1ccc(F)cc1. The Hall–Kier alpha value is -2.47. The highest BCUT2D eigenvalue weighted by atomic mass is 79.9. The van der Waals surface area contributed by atoms with Crippen LogP contribution in [0.4, 0.5) is 10.1 Å². The molecule has 1 heterocycles. The average molecular weight is 375 g/mol. The fourth-order valence-corrected chi connectivity index (χ4v) is 2.44. The van der Waals surface area contributed by atoms with E-state index in [-0.39, 0.29) is 11.7 Å². The second-order valence-corrected chi connectivity index (χ2v) is 5.85. The lowest BCUT2D eigenvalue weighted by atomic mass is 10.1. The number of aromatic nitrogens is 1. The molecule has 1 N–H and O–H groups in total. The summed E-state index contributed by atoms with van der Waals surface area (Å²) in [6.07, 6.45) is 0. The third-order valence-electron chi connectivity index (χ3n) is 3.31. The molecule has 0 spiro atoms. The molecule has 0 aliphatic heterocycles. The second kappa shape index (κ2) is 6.34. The number of anilines is 1. The first-order valence-corrected chi connectivity index (χ1v) is 7.63. The normalized spacial score (nSPS) is 10.6. The standard InChI is InChI=1S/C17H12BrFN2O2/c1-10-15(17(22)20-14-8-6-13(19)7-9-14)16(21-23-10)11-2-4-12(18)5-3-11/h2-9H,1H3,(H,20,22). The summed E-state index contributed by atoms with van der Waals surface area (Å²) < 4.78 is 19.0. The molecule has 4 nitrogen and oxygen atoms in total. The van der Waals surface area contributed by atoms with Crippen molar-refractivity contribution in [2.45, 2.75) is 6.92 Å². The summed E-state index contributed by atoms with van der Waals surface area (Å²) in [4.78, 5) is 12.5. The summed E-state index contributed by atoms with van der Waals surface area (Å²) in [5, 5.41) is 6.70. The molecular formula is C17H12BrFN2O2. The van der Waals surface area contributed by atoms with Crippen molar-refractivity contribution >= 4 is 27.5 Å². The molecule has 0 unspecified atom stereocenters. The number of hydrogen-bond acceptors (Lipinski definition) is 3. The van der Waals surface area contributed by atoms with Crippen molar-refractivity contribution in [2.24, 2.45) is 0 Å². The minimum Gasteiger partial charge on any atom is -0.360 e. The summed E-state index contributed by atoms with van der Waals surface area (Å²) >= 11 is 3.37. The molecule has 6 heteroatoms. The van der Waals surface area contributed by atoms with Crippen molar-refractivity contribution in [1.82, 2.24) is 5.16 Å². The Balaban J connectivity index is 1.93. The van der Waals surface area contributed by atoms with Crippen molar-refractivity contribution in [3.05, 3.63) is 70.1 Å². The van der Waals surface area contributed by atoms with Crippen LogP contribution in [0, 0.1) is 12.7 Å². The van der Waals surface area contributed by atoms with Crippen LogP contribution in [-0.4, -0.2) is 11.1 Å². The maximum absolute atomic E-state index is 12.9. The van der Waals surface area contributed by atoms with Crippen LogP contribution in [-0.2, 0) is 0 Å². The van der Waals surface area contributed by atoms with Crippen LogP contribution in [0.25, 0.3) is 11.3 Å². The zero-order chi connectivity index (χ0) is 16.4. The van der Waals surface area contributed by atoms with Gasteiger partial charge in [0.15, 0.2) is 0 Å². The van der Waals surface area contributed by atoms with Crippen LogP contribution < -0.4 is 5.32 Å². The van der Waals surface area contributed by atoms with Crippen molar-refractivity contribution in [3.63, 3.8) is 0 Å². The van der Waals surface area contributed by atoms with Crippen molar-refractivity contribution < 1.29 is 13.7 Å². The quantitative estimate of drug-likeness (QED) is 0.715. The average Bonchev–Trinajstić information content (AvgIpc) is 2.92. The van der Waals surface area contributed by atoms with Gasteiger partial charge in [-0.2, -0.15) is 0 Å². The largest absolute Gasteiger partial charge is 0.360 e. The Morgan fingerprint density at radius 2 is 1.78 bits per heavy atom. The van der Waals surface area contributed by atoms with Gasteiger partial charge in [-0.15, -0.1) is 0 Å². The smallest absolute Gasteiger partial charge is 0.261 e. The number of halogens is 2. The molecule has 0 radical (unpaired) electrons. The van der Waals surface area contributed by atoms with Crippen LogP contribution in [0.15, 0.2) is 57.5 Å². The number of aryl methyl sites for hydroxylation is 1. The van der Waals surface area contributed by atoms with E-state index in [4.69, 9.17) is 4.52 Å². The Labute approximate surface area is 140 Å². The number of hydrogen-bond donors (Lipinski definition) is 1. The van der Waals surface area contributed by atoms with E-state index < -0.39 is 0 Å². The number of benzene rings is 2. The van der Waals surface area contributed by atoms with Crippen LogP contribution >= 0.6 is 15.9 Å². The van der Waals surface area contributed by atoms with Gasteiger partial charge >= 0.3 is 0 Å². The molecule has 116 valence electrons. The minimum atomic E-state index is -0.361. The number of nitrogens with one attached hydrogen (secondary N) is 1. The topological polar surface area (TPSA) is 55.1 Å². The first-order valence-electron chi connectivity index (χ1n) is 6.84. The molecular weight excluding hydrogens is 363 g/mol. The lowest BCUT2D eigenvalue weighted by molar-refractivity contribution is 0.102. The fourth-order valence-electron chi connectivity index (χ4n) is 2.17. The van der Waals surface area contributed by atoms with Gasteiger partial charge in [0.05, 0.1) is 0 Å². The maximum atomic E-state index is 12.9. The molecule has 0 saturated heterocycles. The van der Waals surface area contributed by atoms with E-state index in [9.17, 15) is 9.18 Å². The highest BCUT2D eigenvalue weighted by Gasteiger charge is 2.21. The van der Waals surface area contributed by atoms with Crippen LogP contribution in [0.5, 0.6) is 0 Å². The molecule has 0 atom stereocenters. The summed E-state index contributed by atoms with van der Waals surface area (Å²) in [7, 11) is 0. The minimum absolute atomic E-state index is 0.353. The molecule has 23 heavy (non-hydrogen) atoms. The Bertz CT molecular complexity index is 842. The van der Waals surface area contributed by atoms with E-state index in [0.29, 0.717) is 22.7 Å². The van der Waals surface area contributed by atoms with E-state index in [2.05, 4.69) is 26.4 Å². The molecule has 0 aliphatic rings. The highest BCUT2D eigenvalue weighted by Crippen LogP contribution is 2.27. The second-order valence-electron chi connectivity index (χ2n) is 4.93. The van der Waals surface area contributed by atoms with Gasteiger partial charge in [-0.1, -0.05) is 33.2 Å². The number of carbonyl (C=O) groups excluding carboxylic acids is 1. The first kappa shape index (κ1) is 15.4. The fraction of sp³-hybridized carbons (Fsp3) is 0.0588. The predicted molar refractivity (Wildman–Crippen MR) is 88.7 cm³/mol. The molecule has 2 aromatic carbocycles. The molecule has 0 fully saturated rings. The summed E-state index contributed by atoms with van der Waals surface area (Å²) in [5.74, 6) is -0.296. The summed E-state index contributed by atoms with van der Waals surface area (Å²) in [6.45, 7) is 1.68. The molecule has 1 amide bonds. The van der Waals surface area contributed by atoms with Gasteiger partial charge in [0, 0.05) is 15.7 Å². The number of carbonyl (C=O) groups is 1. The molecule has 0 aliphatic carbocycles. The van der Waals surface area contributed by atoms with E-state index >= 15 is 0 Å².